The maximum atomic E-state index is 8.85. The van der Waals surface area contributed by atoms with Gasteiger partial charge < -0.3 is 5.32 Å². The predicted molar refractivity (Wildman–Crippen MR) is 119 cm³/mol. The number of aromatic nitrogens is 2. The molecule has 0 atom stereocenters. The van der Waals surface area contributed by atoms with Crippen molar-refractivity contribution in [3.05, 3.63) is 78.0 Å². The summed E-state index contributed by atoms with van der Waals surface area (Å²) in [6.45, 7) is 1.18. The molecule has 0 unspecified atom stereocenters. The molecule has 0 aliphatic rings. The van der Waals surface area contributed by atoms with Crippen molar-refractivity contribution < 1.29 is 0 Å². The molecule has 2 aromatic carbocycles. The van der Waals surface area contributed by atoms with Gasteiger partial charge in [-0.1, -0.05) is 60.7 Å². The van der Waals surface area contributed by atoms with Gasteiger partial charge in [0.05, 0.1) is 25.2 Å². The maximum Gasteiger partial charge on any atom is 0.189 e. The highest BCUT2D eigenvalue weighted by Gasteiger charge is 2.10. The Kier molecular flexibility index (Phi) is 7.09. The third-order valence-corrected chi connectivity index (χ3v) is 4.65. The number of aryl methyl sites for hydroxylation is 1. The molecule has 1 aromatic heterocycles. The van der Waals surface area contributed by atoms with Crippen molar-refractivity contribution in [3.8, 4) is 17.3 Å². The SMILES string of the molecule is CN(/N=C\c1cn(CCC#N)nc1-c1ccccc1)C(=S)NCc1ccccc1. The average molecular weight is 403 g/mol. The zero-order valence-electron chi connectivity index (χ0n) is 16.2. The van der Waals surface area contributed by atoms with Crippen LogP contribution < -0.4 is 5.32 Å². The minimum atomic E-state index is 0.403. The number of rotatable bonds is 7. The van der Waals surface area contributed by atoms with E-state index in [4.69, 9.17) is 17.5 Å². The second-order valence-electron chi connectivity index (χ2n) is 6.38. The highest BCUT2D eigenvalue weighted by molar-refractivity contribution is 7.80. The number of hydrogen-bond acceptors (Lipinski definition) is 4. The van der Waals surface area contributed by atoms with E-state index in [1.54, 1.807) is 23.0 Å². The number of nitrogens with zero attached hydrogens (tertiary/aromatic N) is 5. The van der Waals surface area contributed by atoms with Crippen LogP contribution in [0.5, 0.6) is 0 Å². The van der Waals surface area contributed by atoms with Crippen molar-refractivity contribution in [1.82, 2.24) is 20.1 Å². The van der Waals surface area contributed by atoms with Crippen LogP contribution in [0.3, 0.4) is 0 Å². The molecule has 29 heavy (non-hydrogen) atoms. The van der Waals surface area contributed by atoms with Gasteiger partial charge in [-0.3, -0.25) is 4.68 Å². The van der Waals surface area contributed by atoms with E-state index < -0.39 is 0 Å². The highest BCUT2D eigenvalue weighted by Crippen LogP contribution is 2.20. The van der Waals surface area contributed by atoms with Crippen LogP contribution in [0.15, 0.2) is 72.0 Å². The Morgan fingerprint density at radius 2 is 1.90 bits per heavy atom. The predicted octanol–water partition coefficient (Wildman–Crippen LogP) is 3.80. The molecular weight excluding hydrogens is 380 g/mol. The van der Waals surface area contributed by atoms with Gasteiger partial charge in [0.25, 0.3) is 0 Å². The largest absolute Gasteiger partial charge is 0.357 e. The first kappa shape index (κ1) is 20.2. The summed E-state index contributed by atoms with van der Waals surface area (Å²) in [7, 11) is 1.80. The molecule has 146 valence electrons. The molecule has 3 rings (SSSR count). The Morgan fingerprint density at radius 3 is 2.59 bits per heavy atom. The molecule has 0 saturated heterocycles. The number of hydrogen-bond donors (Lipinski definition) is 1. The summed E-state index contributed by atoms with van der Waals surface area (Å²) in [5, 5.41) is 23.3. The van der Waals surface area contributed by atoms with Gasteiger partial charge in [0.2, 0.25) is 0 Å². The monoisotopic (exact) mass is 402 g/mol. The van der Waals surface area contributed by atoms with Gasteiger partial charge in [-0.05, 0) is 17.8 Å². The minimum absolute atomic E-state index is 0.403. The number of nitriles is 1. The van der Waals surface area contributed by atoms with Crippen molar-refractivity contribution in [1.29, 1.82) is 5.26 Å². The van der Waals surface area contributed by atoms with E-state index >= 15 is 0 Å². The molecule has 0 fully saturated rings. The summed E-state index contributed by atoms with van der Waals surface area (Å²) in [6.07, 6.45) is 4.05. The van der Waals surface area contributed by atoms with Gasteiger partial charge in [0.15, 0.2) is 5.11 Å². The lowest BCUT2D eigenvalue weighted by atomic mass is 10.1. The number of nitrogens with one attached hydrogen (secondary N) is 1. The molecular formula is C22H22N6S. The van der Waals surface area contributed by atoms with Gasteiger partial charge in [0, 0.05) is 30.9 Å². The van der Waals surface area contributed by atoms with Gasteiger partial charge in [-0.2, -0.15) is 15.5 Å². The molecule has 1 heterocycles. The molecule has 1 N–H and O–H groups in total. The van der Waals surface area contributed by atoms with Crippen LogP contribution in [0, 0.1) is 11.3 Å². The van der Waals surface area contributed by atoms with Crippen LogP contribution in [0.2, 0.25) is 0 Å². The number of hydrazone groups is 1. The minimum Gasteiger partial charge on any atom is -0.357 e. The second-order valence-corrected chi connectivity index (χ2v) is 6.77. The number of benzene rings is 2. The van der Waals surface area contributed by atoms with Crippen LogP contribution in [0.1, 0.15) is 17.5 Å². The van der Waals surface area contributed by atoms with Crippen molar-refractivity contribution in [2.24, 2.45) is 5.10 Å². The van der Waals surface area contributed by atoms with E-state index in [1.807, 2.05) is 66.9 Å². The van der Waals surface area contributed by atoms with Crippen LogP contribution in [0.25, 0.3) is 11.3 Å². The summed E-state index contributed by atoms with van der Waals surface area (Å²) < 4.78 is 1.78. The maximum absolute atomic E-state index is 8.85. The van der Waals surface area contributed by atoms with Crippen LogP contribution in [-0.4, -0.2) is 33.2 Å². The molecule has 0 saturated carbocycles. The molecule has 0 radical (unpaired) electrons. The Bertz CT molecular complexity index is 1000. The van der Waals surface area contributed by atoms with Gasteiger partial charge in [-0.25, -0.2) is 5.01 Å². The van der Waals surface area contributed by atoms with Crippen LogP contribution >= 0.6 is 12.2 Å². The van der Waals surface area contributed by atoms with Crippen molar-refractivity contribution in [2.75, 3.05) is 7.05 Å². The molecule has 3 aromatic rings. The summed E-state index contributed by atoms with van der Waals surface area (Å²) in [5.41, 5.74) is 3.84. The lowest BCUT2D eigenvalue weighted by Crippen LogP contribution is -2.33. The Hall–Kier alpha value is -3.50. The smallest absolute Gasteiger partial charge is 0.189 e. The van der Waals surface area contributed by atoms with E-state index in [0.29, 0.717) is 24.6 Å². The normalized spacial score (nSPS) is 10.6. The Labute approximate surface area is 176 Å². The van der Waals surface area contributed by atoms with Crippen LogP contribution in [0.4, 0.5) is 0 Å². The quantitative estimate of drug-likeness (QED) is 0.370. The molecule has 0 spiro atoms. The zero-order valence-corrected chi connectivity index (χ0v) is 17.0. The molecule has 0 aliphatic heterocycles. The van der Waals surface area contributed by atoms with Crippen LogP contribution in [-0.2, 0) is 13.1 Å². The van der Waals surface area contributed by atoms with Crippen molar-refractivity contribution >= 4 is 23.5 Å². The summed E-state index contributed by atoms with van der Waals surface area (Å²) in [4.78, 5) is 0. The second kappa shape index (κ2) is 10.2. The van der Waals surface area contributed by atoms with Gasteiger partial charge in [0.1, 0.15) is 5.69 Å². The fraction of sp³-hybridized carbons (Fsp3) is 0.182. The van der Waals surface area contributed by atoms with Gasteiger partial charge in [-0.15, -0.1) is 0 Å². The third kappa shape index (κ3) is 5.74. The fourth-order valence-electron chi connectivity index (χ4n) is 2.72. The van der Waals surface area contributed by atoms with Gasteiger partial charge >= 0.3 is 0 Å². The molecule has 0 amide bonds. The van der Waals surface area contributed by atoms with E-state index in [-0.39, 0.29) is 0 Å². The average Bonchev–Trinajstić information content (AvgIpc) is 3.18. The Morgan fingerprint density at radius 1 is 1.21 bits per heavy atom. The van der Waals surface area contributed by atoms with Crippen molar-refractivity contribution in [3.63, 3.8) is 0 Å². The molecule has 7 heteroatoms. The lowest BCUT2D eigenvalue weighted by Gasteiger charge is -2.15. The molecule has 6 nitrogen and oxygen atoms in total. The first-order valence-electron chi connectivity index (χ1n) is 9.26. The Balaban J connectivity index is 1.72. The summed E-state index contributed by atoms with van der Waals surface area (Å²) in [5.74, 6) is 0. The molecule has 0 bridgehead atoms. The lowest BCUT2D eigenvalue weighted by molar-refractivity contribution is 0.532. The van der Waals surface area contributed by atoms with Crippen molar-refractivity contribution in [2.45, 2.75) is 19.5 Å². The van der Waals surface area contributed by atoms with E-state index in [1.165, 1.54) is 0 Å². The summed E-state index contributed by atoms with van der Waals surface area (Å²) >= 11 is 5.42. The standard InChI is InChI=1S/C22H22N6S/c1-27(22(29)24-15-18-9-4-2-5-10-18)25-16-20-17-28(14-8-13-23)26-21(20)19-11-6-3-7-12-19/h2-7,9-12,16-17H,8,14-15H2,1H3,(H,24,29)/b25-16-. The fourth-order valence-corrected chi connectivity index (χ4v) is 2.84. The highest BCUT2D eigenvalue weighted by atomic mass is 32.1. The van der Waals surface area contributed by atoms with E-state index in [2.05, 4.69) is 21.6 Å². The zero-order chi connectivity index (χ0) is 20.5. The topological polar surface area (TPSA) is 69.2 Å². The third-order valence-electron chi connectivity index (χ3n) is 4.24. The van der Waals surface area contributed by atoms with E-state index in [0.717, 1.165) is 22.4 Å². The number of thiocarbonyl (C=S) groups is 1. The first-order chi connectivity index (χ1) is 14.2. The summed E-state index contributed by atoms with van der Waals surface area (Å²) in [6, 6.07) is 22.1. The van der Waals surface area contributed by atoms with E-state index in [9.17, 15) is 0 Å². The first-order valence-corrected chi connectivity index (χ1v) is 9.67. The molecule has 0 aliphatic carbocycles.